The summed E-state index contributed by atoms with van der Waals surface area (Å²) in [4.78, 5) is 29.1. The first-order chi connectivity index (χ1) is 17.4. The lowest BCUT2D eigenvalue weighted by Crippen LogP contribution is -2.63. The Bertz CT molecular complexity index is 1370. The van der Waals surface area contributed by atoms with E-state index >= 15 is 0 Å². The molecule has 8 heteroatoms. The molecule has 1 aliphatic rings. The van der Waals surface area contributed by atoms with Crippen LogP contribution in [0, 0.1) is 6.92 Å². The summed E-state index contributed by atoms with van der Waals surface area (Å²) in [6.45, 7) is 4.65. The van der Waals surface area contributed by atoms with E-state index in [4.69, 9.17) is 9.15 Å². The van der Waals surface area contributed by atoms with Gasteiger partial charge in [0.25, 0.3) is 5.91 Å². The number of fused-ring (bicyclic) bond motifs is 1. The van der Waals surface area contributed by atoms with Crippen molar-refractivity contribution < 1.29 is 18.7 Å². The standard InChI is InChI=1S/C28H28N4O4/c1-19-6-8-20(9-7-19)16-29-27(34)28(2)18-32-24(15-23(30-32)25-5-4-14-36-25)26(33)31(28)17-21-10-12-22(35-3)13-11-21/h4-15H,16-18H2,1-3H3,(H,29,34). The molecular formula is C28H28N4O4. The van der Waals surface area contributed by atoms with Crippen molar-refractivity contribution in [2.24, 2.45) is 0 Å². The van der Waals surface area contributed by atoms with Crippen LogP contribution in [0.15, 0.2) is 77.4 Å². The molecule has 5 rings (SSSR count). The molecule has 1 aliphatic heterocycles. The van der Waals surface area contributed by atoms with Crippen molar-refractivity contribution in [1.29, 1.82) is 0 Å². The summed E-state index contributed by atoms with van der Waals surface area (Å²) < 4.78 is 12.3. The maximum absolute atomic E-state index is 13.8. The Balaban J connectivity index is 1.47. The van der Waals surface area contributed by atoms with E-state index in [0.717, 1.165) is 22.4 Å². The highest BCUT2D eigenvalue weighted by atomic mass is 16.5. The molecule has 1 N–H and O–H groups in total. The first kappa shape index (κ1) is 23.4. The summed E-state index contributed by atoms with van der Waals surface area (Å²) in [5.74, 6) is 0.779. The third-order valence-corrected chi connectivity index (χ3v) is 6.63. The van der Waals surface area contributed by atoms with Crippen molar-refractivity contribution in [3.8, 4) is 17.2 Å². The van der Waals surface area contributed by atoms with Gasteiger partial charge in [0, 0.05) is 19.2 Å². The third-order valence-electron chi connectivity index (χ3n) is 6.63. The predicted octanol–water partition coefficient (Wildman–Crippen LogP) is 4.19. The second-order valence-electron chi connectivity index (χ2n) is 9.23. The molecule has 36 heavy (non-hydrogen) atoms. The van der Waals surface area contributed by atoms with E-state index in [2.05, 4.69) is 10.4 Å². The van der Waals surface area contributed by atoms with Crippen LogP contribution in [-0.4, -0.2) is 39.1 Å². The average Bonchev–Trinajstić information content (AvgIpc) is 3.57. The van der Waals surface area contributed by atoms with Gasteiger partial charge in [0.05, 0.1) is 19.9 Å². The van der Waals surface area contributed by atoms with Crippen molar-refractivity contribution in [2.45, 2.75) is 39.0 Å². The molecule has 3 heterocycles. The SMILES string of the molecule is COc1ccc(CN2C(=O)c3cc(-c4ccco4)nn3CC2(C)C(=O)NCc2ccc(C)cc2)cc1. The molecule has 0 saturated carbocycles. The molecule has 8 nitrogen and oxygen atoms in total. The largest absolute Gasteiger partial charge is 0.497 e. The Hall–Kier alpha value is -4.33. The smallest absolute Gasteiger partial charge is 0.273 e. The van der Waals surface area contributed by atoms with Gasteiger partial charge < -0.3 is 19.4 Å². The number of amides is 2. The first-order valence-electron chi connectivity index (χ1n) is 11.8. The van der Waals surface area contributed by atoms with Crippen molar-refractivity contribution in [3.63, 3.8) is 0 Å². The Labute approximate surface area is 209 Å². The summed E-state index contributed by atoms with van der Waals surface area (Å²) in [5, 5.41) is 7.63. The minimum Gasteiger partial charge on any atom is -0.497 e. The molecule has 1 unspecified atom stereocenters. The molecule has 0 bridgehead atoms. The summed E-state index contributed by atoms with van der Waals surface area (Å²) in [7, 11) is 1.61. The molecule has 0 aliphatic carbocycles. The normalized spacial score (nSPS) is 17.1. The molecule has 0 fully saturated rings. The van der Waals surface area contributed by atoms with Crippen LogP contribution < -0.4 is 10.1 Å². The number of hydrogen-bond acceptors (Lipinski definition) is 5. The van der Waals surface area contributed by atoms with Gasteiger partial charge in [0.1, 0.15) is 22.7 Å². The number of carbonyl (C=O) groups is 2. The summed E-state index contributed by atoms with van der Waals surface area (Å²) >= 11 is 0. The Kier molecular flexibility index (Phi) is 6.10. The number of furan rings is 1. The topological polar surface area (TPSA) is 89.6 Å². The third kappa shape index (κ3) is 4.37. The number of ether oxygens (including phenoxy) is 1. The van der Waals surface area contributed by atoms with Crippen molar-refractivity contribution >= 4 is 11.8 Å². The van der Waals surface area contributed by atoms with Crippen LogP contribution in [0.4, 0.5) is 0 Å². The molecule has 0 spiro atoms. The fraction of sp³-hybridized carbons (Fsp3) is 0.250. The molecule has 2 aromatic heterocycles. The van der Waals surface area contributed by atoms with E-state index in [1.54, 1.807) is 48.1 Å². The summed E-state index contributed by atoms with van der Waals surface area (Å²) in [6, 6.07) is 20.8. The lowest BCUT2D eigenvalue weighted by molar-refractivity contribution is -0.133. The van der Waals surface area contributed by atoms with E-state index in [0.29, 0.717) is 23.7 Å². The maximum atomic E-state index is 13.8. The second kappa shape index (κ2) is 9.37. The second-order valence-corrected chi connectivity index (χ2v) is 9.23. The van der Waals surface area contributed by atoms with Gasteiger partial charge in [-0.1, -0.05) is 42.0 Å². The Morgan fingerprint density at radius 2 is 1.83 bits per heavy atom. The Morgan fingerprint density at radius 3 is 2.50 bits per heavy atom. The molecule has 0 saturated heterocycles. The summed E-state index contributed by atoms with van der Waals surface area (Å²) in [6.07, 6.45) is 1.56. The van der Waals surface area contributed by atoms with Crippen LogP contribution in [0.1, 0.15) is 34.1 Å². The van der Waals surface area contributed by atoms with Crippen LogP contribution in [-0.2, 0) is 24.4 Å². The molecule has 2 amide bonds. The number of benzene rings is 2. The fourth-order valence-electron chi connectivity index (χ4n) is 4.43. The van der Waals surface area contributed by atoms with Gasteiger partial charge >= 0.3 is 0 Å². The quantitative estimate of drug-likeness (QED) is 0.425. The lowest BCUT2D eigenvalue weighted by atomic mass is 9.94. The zero-order chi connectivity index (χ0) is 25.3. The van der Waals surface area contributed by atoms with Crippen molar-refractivity contribution in [2.75, 3.05) is 7.11 Å². The minimum absolute atomic E-state index is 0.213. The number of nitrogens with one attached hydrogen (secondary N) is 1. The van der Waals surface area contributed by atoms with Gasteiger partial charge in [-0.15, -0.1) is 0 Å². The van der Waals surface area contributed by atoms with E-state index < -0.39 is 5.54 Å². The number of methoxy groups -OCH3 is 1. The van der Waals surface area contributed by atoms with E-state index in [-0.39, 0.29) is 24.9 Å². The lowest BCUT2D eigenvalue weighted by Gasteiger charge is -2.43. The van der Waals surface area contributed by atoms with Gasteiger partial charge in [-0.25, -0.2) is 0 Å². The molecule has 0 radical (unpaired) electrons. The van der Waals surface area contributed by atoms with Crippen LogP contribution in [0.3, 0.4) is 0 Å². The van der Waals surface area contributed by atoms with Crippen LogP contribution in [0.5, 0.6) is 5.75 Å². The number of carbonyl (C=O) groups excluding carboxylic acids is 2. The predicted molar refractivity (Wildman–Crippen MR) is 134 cm³/mol. The van der Waals surface area contributed by atoms with Crippen LogP contribution >= 0.6 is 0 Å². The summed E-state index contributed by atoms with van der Waals surface area (Å²) in [5.41, 5.74) is 2.83. The number of aromatic nitrogens is 2. The van der Waals surface area contributed by atoms with Gasteiger partial charge in [-0.05, 0) is 49.2 Å². The zero-order valence-electron chi connectivity index (χ0n) is 20.5. The molecule has 1 atom stereocenters. The van der Waals surface area contributed by atoms with E-state index in [1.807, 2.05) is 55.5 Å². The highest BCUT2D eigenvalue weighted by molar-refractivity contribution is 6.00. The average molecular weight is 485 g/mol. The molecule has 2 aromatic carbocycles. The van der Waals surface area contributed by atoms with Crippen molar-refractivity contribution in [3.05, 3.63) is 95.4 Å². The van der Waals surface area contributed by atoms with Gasteiger partial charge in [-0.3, -0.25) is 14.3 Å². The highest BCUT2D eigenvalue weighted by Gasteiger charge is 2.48. The number of rotatable bonds is 7. The maximum Gasteiger partial charge on any atom is 0.273 e. The molecular weight excluding hydrogens is 456 g/mol. The monoisotopic (exact) mass is 484 g/mol. The van der Waals surface area contributed by atoms with Gasteiger partial charge in [0.2, 0.25) is 5.91 Å². The van der Waals surface area contributed by atoms with Crippen LogP contribution in [0.25, 0.3) is 11.5 Å². The van der Waals surface area contributed by atoms with Gasteiger partial charge in [-0.2, -0.15) is 5.10 Å². The van der Waals surface area contributed by atoms with E-state index in [9.17, 15) is 9.59 Å². The molecule has 184 valence electrons. The molecule has 4 aromatic rings. The van der Waals surface area contributed by atoms with Gasteiger partial charge in [0.15, 0.2) is 5.76 Å². The number of nitrogens with zero attached hydrogens (tertiary/aromatic N) is 3. The highest BCUT2D eigenvalue weighted by Crippen LogP contribution is 2.32. The van der Waals surface area contributed by atoms with Crippen molar-refractivity contribution in [1.82, 2.24) is 20.0 Å². The number of hydrogen-bond donors (Lipinski definition) is 1. The first-order valence-corrected chi connectivity index (χ1v) is 11.8. The van der Waals surface area contributed by atoms with Crippen LogP contribution in [0.2, 0.25) is 0 Å². The van der Waals surface area contributed by atoms with E-state index in [1.165, 1.54) is 0 Å². The minimum atomic E-state index is -1.17. The fourth-order valence-corrected chi connectivity index (χ4v) is 4.43. The Morgan fingerprint density at radius 1 is 1.11 bits per heavy atom. The zero-order valence-corrected chi connectivity index (χ0v) is 20.5. The number of aryl methyl sites for hydroxylation is 1.